The lowest BCUT2D eigenvalue weighted by Crippen LogP contribution is -2.20. The summed E-state index contributed by atoms with van der Waals surface area (Å²) in [6.07, 6.45) is 1.57. The van der Waals surface area contributed by atoms with Crippen molar-refractivity contribution in [2.24, 2.45) is 0 Å². The molecular weight excluding hydrogens is 292 g/mol. The maximum atomic E-state index is 11.5. The molecule has 0 aromatic heterocycles. The molecule has 0 saturated carbocycles. The van der Waals surface area contributed by atoms with Crippen molar-refractivity contribution in [1.82, 2.24) is 0 Å². The normalized spacial score (nSPS) is 10.0. The molecule has 0 saturated heterocycles. The van der Waals surface area contributed by atoms with Crippen LogP contribution in [-0.2, 0) is 39.8 Å². The summed E-state index contributed by atoms with van der Waals surface area (Å²) in [7, 11) is 1.15. The van der Waals surface area contributed by atoms with E-state index in [4.69, 9.17) is 0 Å². The molecule has 22 heavy (non-hydrogen) atoms. The number of benzene rings is 1. The van der Waals surface area contributed by atoms with Crippen LogP contribution in [0.15, 0.2) is 42.5 Å². The number of rotatable bonds is 6. The second-order valence-corrected chi connectivity index (χ2v) is 3.97. The predicted octanol–water partition coefficient (Wildman–Crippen LogP) is 0.571. The van der Waals surface area contributed by atoms with Gasteiger partial charge in [-0.15, -0.1) is 0 Å². The number of carbonyl (C=O) groups excluding carboxylic acids is 4. The van der Waals surface area contributed by atoms with Crippen LogP contribution in [0.4, 0.5) is 0 Å². The Hall–Kier alpha value is -2.96. The number of ether oxygens (including phenoxy) is 3. The van der Waals surface area contributed by atoms with Crippen molar-refractivity contribution < 1.29 is 33.4 Å². The van der Waals surface area contributed by atoms with Crippen LogP contribution in [0.5, 0.6) is 0 Å². The van der Waals surface area contributed by atoms with Gasteiger partial charge in [0, 0.05) is 12.2 Å². The van der Waals surface area contributed by atoms with Gasteiger partial charge in [0.05, 0.1) is 13.5 Å². The minimum Gasteiger partial charge on any atom is -0.466 e. The van der Waals surface area contributed by atoms with E-state index in [1.54, 1.807) is 30.3 Å². The topological polar surface area (TPSA) is 96.0 Å². The zero-order chi connectivity index (χ0) is 16.4. The van der Waals surface area contributed by atoms with Gasteiger partial charge in [-0.05, 0) is 5.56 Å². The molecular formula is C15H14O7. The Bertz CT molecular complexity index is 575. The van der Waals surface area contributed by atoms with Crippen molar-refractivity contribution in [2.45, 2.75) is 6.42 Å². The average molecular weight is 306 g/mol. The summed E-state index contributed by atoms with van der Waals surface area (Å²) in [5, 5.41) is 0. The zero-order valence-corrected chi connectivity index (χ0v) is 11.8. The molecule has 1 aromatic carbocycles. The van der Waals surface area contributed by atoms with Crippen molar-refractivity contribution in [3.63, 3.8) is 0 Å². The minimum atomic E-state index is -0.999. The third-order valence-electron chi connectivity index (χ3n) is 2.31. The molecule has 0 unspecified atom stereocenters. The summed E-state index contributed by atoms with van der Waals surface area (Å²) in [6.45, 7) is -0.731. The summed E-state index contributed by atoms with van der Waals surface area (Å²) >= 11 is 0. The van der Waals surface area contributed by atoms with Gasteiger partial charge in [0.15, 0.2) is 6.61 Å². The number of esters is 4. The molecule has 0 N–H and O–H groups in total. The average Bonchev–Trinajstić information content (AvgIpc) is 2.51. The molecule has 0 amide bonds. The lowest BCUT2D eigenvalue weighted by Gasteiger charge is -2.03. The zero-order valence-electron chi connectivity index (χ0n) is 11.8. The van der Waals surface area contributed by atoms with Gasteiger partial charge >= 0.3 is 23.9 Å². The molecule has 0 fully saturated rings. The van der Waals surface area contributed by atoms with E-state index in [1.807, 2.05) is 0 Å². The van der Waals surface area contributed by atoms with Gasteiger partial charge in [-0.3, -0.25) is 4.79 Å². The monoisotopic (exact) mass is 306 g/mol. The predicted molar refractivity (Wildman–Crippen MR) is 73.4 cm³/mol. The molecule has 0 atom stereocenters. The molecule has 0 aliphatic carbocycles. The van der Waals surface area contributed by atoms with Crippen LogP contribution in [0.3, 0.4) is 0 Å². The van der Waals surface area contributed by atoms with Crippen LogP contribution in [0.2, 0.25) is 0 Å². The standard InChI is InChI=1S/C15H14O7/c1-20-12(16)7-8-13(17)21-10-15(19)22-14(18)9-11-5-3-2-4-6-11/h2-8H,9-10H2,1H3/b8-7-. The van der Waals surface area contributed by atoms with Crippen LogP contribution in [0, 0.1) is 0 Å². The Kier molecular flexibility index (Phi) is 7.04. The van der Waals surface area contributed by atoms with Gasteiger partial charge in [-0.25, -0.2) is 14.4 Å². The quantitative estimate of drug-likeness (QED) is 0.328. The largest absolute Gasteiger partial charge is 0.466 e. The molecule has 7 heteroatoms. The molecule has 0 radical (unpaired) electrons. The van der Waals surface area contributed by atoms with Gasteiger partial charge in [0.25, 0.3) is 0 Å². The summed E-state index contributed by atoms with van der Waals surface area (Å²) in [5.41, 5.74) is 0.693. The van der Waals surface area contributed by atoms with E-state index in [0.717, 1.165) is 19.3 Å². The fraction of sp³-hybridized carbons (Fsp3) is 0.200. The number of hydrogen-bond donors (Lipinski definition) is 0. The van der Waals surface area contributed by atoms with E-state index >= 15 is 0 Å². The highest BCUT2D eigenvalue weighted by Crippen LogP contribution is 2.01. The van der Waals surface area contributed by atoms with E-state index in [2.05, 4.69) is 14.2 Å². The van der Waals surface area contributed by atoms with E-state index in [1.165, 1.54) is 0 Å². The lowest BCUT2D eigenvalue weighted by atomic mass is 10.2. The van der Waals surface area contributed by atoms with Crippen molar-refractivity contribution in [2.75, 3.05) is 13.7 Å². The first-order valence-electron chi connectivity index (χ1n) is 6.21. The van der Waals surface area contributed by atoms with E-state index in [0.29, 0.717) is 5.56 Å². The second kappa shape index (κ2) is 9.06. The molecule has 0 spiro atoms. The molecule has 0 aliphatic rings. The molecule has 1 rings (SSSR count). The molecule has 0 bridgehead atoms. The Labute approximate surface area is 126 Å². The van der Waals surface area contributed by atoms with E-state index in [9.17, 15) is 19.2 Å². The summed E-state index contributed by atoms with van der Waals surface area (Å²) in [6, 6.07) is 8.72. The first-order chi connectivity index (χ1) is 10.5. The van der Waals surface area contributed by atoms with Crippen molar-refractivity contribution in [3.05, 3.63) is 48.0 Å². The third-order valence-corrected chi connectivity index (χ3v) is 2.31. The summed E-state index contributed by atoms with van der Waals surface area (Å²) in [5.74, 6) is -3.42. The van der Waals surface area contributed by atoms with E-state index in [-0.39, 0.29) is 6.42 Å². The van der Waals surface area contributed by atoms with Crippen molar-refractivity contribution in [1.29, 1.82) is 0 Å². The summed E-state index contributed by atoms with van der Waals surface area (Å²) in [4.78, 5) is 44.6. The Balaban J connectivity index is 2.31. The minimum absolute atomic E-state index is 0.0667. The highest BCUT2D eigenvalue weighted by atomic mass is 16.6. The smallest absolute Gasteiger partial charge is 0.351 e. The highest BCUT2D eigenvalue weighted by molar-refractivity contribution is 5.93. The number of carbonyl (C=O) groups is 4. The van der Waals surface area contributed by atoms with Crippen LogP contribution < -0.4 is 0 Å². The number of hydrogen-bond acceptors (Lipinski definition) is 7. The number of methoxy groups -OCH3 is 1. The van der Waals surface area contributed by atoms with Crippen molar-refractivity contribution >= 4 is 23.9 Å². The fourth-order valence-corrected chi connectivity index (χ4v) is 1.34. The Morgan fingerprint density at radius 3 is 2.23 bits per heavy atom. The van der Waals surface area contributed by atoms with Crippen LogP contribution in [0.1, 0.15) is 5.56 Å². The van der Waals surface area contributed by atoms with Gasteiger partial charge in [0.1, 0.15) is 0 Å². The van der Waals surface area contributed by atoms with Gasteiger partial charge in [-0.2, -0.15) is 0 Å². The first-order valence-corrected chi connectivity index (χ1v) is 6.21. The molecule has 0 aliphatic heterocycles. The maximum Gasteiger partial charge on any atom is 0.351 e. The summed E-state index contributed by atoms with van der Waals surface area (Å²) < 4.78 is 13.2. The molecule has 7 nitrogen and oxygen atoms in total. The molecule has 0 heterocycles. The van der Waals surface area contributed by atoms with Gasteiger partial charge < -0.3 is 14.2 Å². The SMILES string of the molecule is COC(=O)/C=C\C(=O)OCC(=O)OC(=O)Cc1ccccc1. The Morgan fingerprint density at radius 2 is 1.59 bits per heavy atom. The maximum absolute atomic E-state index is 11.5. The van der Waals surface area contributed by atoms with Crippen LogP contribution >= 0.6 is 0 Å². The van der Waals surface area contributed by atoms with Gasteiger partial charge in [0.2, 0.25) is 0 Å². The third kappa shape index (κ3) is 6.99. The molecule has 116 valence electrons. The first kappa shape index (κ1) is 17.1. The van der Waals surface area contributed by atoms with E-state index < -0.39 is 30.5 Å². The second-order valence-electron chi connectivity index (χ2n) is 3.97. The fourth-order valence-electron chi connectivity index (χ4n) is 1.34. The van der Waals surface area contributed by atoms with Crippen molar-refractivity contribution in [3.8, 4) is 0 Å². The van der Waals surface area contributed by atoms with Crippen LogP contribution in [0.25, 0.3) is 0 Å². The Morgan fingerprint density at radius 1 is 0.955 bits per heavy atom. The van der Waals surface area contributed by atoms with Gasteiger partial charge in [-0.1, -0.05) is 30.3 Å². The lowest BCUT2D eigenvalue weighted by molar-refractivity contribution is -0.165. The molecule has 1 aromatic rings. The highest BCUT2D eigenvalue weighted by Gasteiger charge is 2.13. The van der Waals surface area contributed by atoms with Crippen LogP contribution in [-0.4, -0.2) is 37.6 Å².